The van der Waals surface area contributed by atoms with E-state index in [0.29, 0.717) is 52.7 Å². The fourth-order valence-corrected chi connectivity index (χ4v) is 7.25. The number of hydrogen-bond donors (Lipinski definition) is 4. The number of ketones is 1. The van der Waals surface area contributed by atoms with Crippen molar-refractivity contribution in [3.05, 3.63) is 28.3 Å². The number of hydrogen-bond acceptors (Lipinski definition) is 11. The summed E-state index contributed by atoms with van der Waals surface area (Å²) in [5.41, 5.74) is 6.90. The van der Waals surface area contributed by atoms with Crippen LogP contribution in [0.25, 0.3) is 10.8 Å². The van der Waals surface area contributed by atoms with E-state index in [-0.39, 0.29) is 36.9 Å². The van der Waals surface area contributed by atoms with Gasteiger partial charge in [-0.2, -0.15) is 0 Å². The highest BCUT2D eigenvalue weighted by atomic mass is 16.9. The Labute approximate surface area is 218 Å². The van der Waals surface area contributed by atoms with E-state index >= 15 is 0 Å². The van der Waals surface area contributed by atoms with Crippen molar-refractivity contribution >= 4 is 16.6 Å². The molecule has 0 radical (unpaired) electrons. The van der Waals surface area contributed by atoms with Gasteiger partial charge in [0.25, 0.3) is 5.79 Å². The standard InChI is InChI=1S/C27H31NO10/c1-12-8-15-19(20(32)18-14(21(15)33-2)4-3-5-16(18)31)22-17(12)23-24-27(36-22,34-7-6-28)25(11-35-25)26(37-23,38-24)13(9-29)10-30/h8,13,23-24,29-30,32H,3-7,9-11,28H2,1-2H3/t23?,24-,25?,26-,27?/m0/s1. The van der Waals surface area contributed by atoms with Crippen LogP contribution >= 0.6 is 0 Å². The van der Waals surface area contributed by atoms with Gasteiger partial charge in [-0.15, -0.1) is 0 Å². The first-order valence-corrected chi connectivity index (χ1v) is 13.0. The quantitative estimate of drug-likeness (QED) is 0.378. The first-order valence-electron chi connectivity index (χ1n) is 13.0. The highest BCUT2D eigenvalue weighted by Crippen LogP contribution is 2.72. The molecule has 3 saturated heterocycles. The Kier molecular flexibility index (Phi) is 5.17. The maximum Gasteiger partial charge on any atom is 0.277 e. The van der Waals surface area contributed by atoms with E-state index in [1.165, 1.54) is 0 Å². The zero-order chi connectivity index (χ0) is 26.6. The van der Waals surface area contributed by atoms with Crippen LogP contribution < -0.4 is 15.2 Å². The topological polar surface area (TPSA) is 162 Å². The minimum atomic E-state index is -1.54. The second kappa shape index (κ2) is 8.01. The number of aliphatic hydroxyl groups excluding tert-OH is 2. The van der Waals surface area contributed by atoms with Crippen LogP contribution in [0.5, 0.6) is 17.2 Å². The van der Waals surface area contributed by atoms with Crippen LogP contribution in [-0.2, 0) is 25.4 Å². The van der Waals surface area contributed by atoms with E-state index < -0.39 is 48.5 Å². The monoisotopic (exact) mass is 529 g/mol. The van der Waals surface area contributed by atoms with Gasteiger partial charge in [-0.05, 0) is 31.4 Å². The molecule has 1 aliphatic carbocycles. The number of carbonyl (C=O) groups excluding carboxylic acids is 1. The normalized spacial score (nSPS) is 34.1. The van der Waals surface area contributed by atoms with Crippen molar-refractivity contribution in [3.8, 4) is 17.2 Å². The summed E-state index contributed by atoms with van der Waals surface area (Å²) >= 11 is 0. The molecule has 11 heteroatoms. The van der Waals surface area contributed by atoms with Gasteiger partial charge in [0.15, 0.2) is 11.9 Å². The molecule has 3 fully saturated rings. The fourth-order valence-electron chi connectivity index (χ4n) is 7.25. The second-order valence-corrected chi connectivity index (χ2v) is 10.7. The summed E-state index contributed by atoms with van der Waals surface area (Å²) in [6.45, 7) is 1.52. The van der Waals surface area contributed by atoms with Crippen LogP contribution in [-0.4, -0.2) is 84.5 Å². The zero-order valence-corrected chi connectivity index (χ0v) is 21.2. The predicted octanol–water partition coefficient (Wildman–Crippen LogP) is 0.982. The van der Waals surface area contributed by atoms with Crippen LogP contribution in [0.1, 0.15) is 46.0 Å². The van der Waals surface area contributed by atoms with Gasteiger partial charge >= 0.3 is 0 Å². The maximum absolute atomic E-state index is 13.0. The van der Waals surface area contributed by atoms with Crippen LogP contribution in [0.4, 0.5) is 0 Å². The summed E-state index contributed by atoms with van der Waals surface area (Å²) in [4.78, 5) is 13.0. The lowest BCUT2D eigenvalue weighted by atomic mass is 9.75. The lowest BCUT2D eigenvalue weighted by molar-refractivity contribution is -0.310. The van der Waals surface area contributed by atoms with Crippen LogP contribution in [0.2, 0.25) is 0 Å². The summed E-state index contributed by atoms with van der Waals surface area (Å²) in [5.74, 6) is -3.38. The average Bonchev–Trinajstić information content (AvgIpc) is 3.57. The van der Waals surface area contributed by atoms with Gasteiger partial charge in [-0.1, -0.05) is 0 Å². The molecule has 7 rings (SSSR count). The third kappa shape index (κ3) is 2.61. The maximum atomic E-state index is 13.0. The predicted molar refractivity (Wildman–Crippen MR) is 130 cm³/mol. The number of phenolic OH excluding ortho intramolecular Hbond substituents is 1. The number of aliphatic hydroxyl groups is 2. The van der Waals surface area contributed by atoms with Crippen LogP contribution in [0, 0.1) is 12.8 Å². The number of ether oxygens (including phenoxy) is 6. The Bertz CT molecular complexity index is 1370. The Hall–Kier alpha value is -2.51. The zero-order valence-electron chi connectivity index (χ0n) is 21.2. The molecule has 1 spiro atoms. The molecule has 204 valence electrons. The molecule has 5 atom stereocenters. The van der Waals surface area contributed by atoms with Gasteiger partial charge in [0.05, 0.1) is 50.4 Å². The summed E-state index contributed by atoms with van der Waals surface area (Å²) in [6, 6.07) is 1.89. The number of benzene rings is 2. The molecule has 4 heterocycles. The van der Waals surface area contributed by atoms with Crippen molar-refractivity contribution in [2.45, 2.75) is 55.6 Å². The van der Waals surface area contributed by atoms with Crippen molar-refractivity contribution in [1.82, 2.24) is 0 Å². The highest BCUT2D eigenvalue weighted by molar-refractivity contribution is 6.11. The minimum absolute atomic E-state index is 0.110. The van der Waals surface area contributed by atoms with E-state index in [1.54, 1.807) is 7.11 Å². The van der Waals surface area contributed by atoms with E-state index in [9.17, 15) is 20.1 Å². The van der Waals surface area contributed by atoms with Gasteiger partial charge < -0.3 is 49.5 Å². The smallest absolute Gasteiger partial charge is 0.277 e. The molecule has 0 amide bonds. The largest absolute Gasteiger partial charge is 0.506 e. The van der Waals surface area contributed by atoms with Gasteiger partial charge in [0.1, 0.15) is 23.4 Å². The highest BCUT2D eigenvalue weighted by Gasteiger charge is 2.92. The molecule has 2 bridgehead atoms. The van der Waals surface area contributed by atoms with E-state index in [4.69, 9.17) is 34.2 Å². The number of phenols is 1. The fraction of sp³-hybridized carbons (Fsp3) is 0.593. The van der Waals surface area contributed by atoms with E-state index in [1.807, 2.05) is 13.0 Å². The molecular formula is C27H31NO10. The summed E-state index contributed by atoms with van der Waals surface area (Å²) in [7, 11) is 1.55. The minimum Gasteiger partial charge on any atom is -0.506 e. The van der Waals surface area contributed by atoms with Gasteiger partial charge in [-0.3, -0.25) is 4.79 Å². The molecule has 3 unspecified atom stereocenters. The van der Waals surface area contributed by atoms with Crippen LogP contribution in [0.3, 0.4) is 0 Å². The third-order valence-corrected chi connectivity index (χ3v) is 8.90. The molecular weight excluding hydrogens is 498 g/mol. The van der Waals surface area contributed by atoms with Gasteiger partial charge in [0, 0.05) is 29.5 Å². The molecule has 5 N–H and O–H groups in total. The van der Waals surface area contributed by atoms with Crippen molar-refractivity contribution in [3.63, 3.8) is 0 Å². The molecule has 2 aromatic rings. The summed E-state index contributed by atoms with van der Waals surface area (Å²) in [5, 5.41) is 32.8. The number of aryl methyl sites for hydroxylation is 1. The molecule has 2 aromatic carbocycles. The number of epoxide rings is 1. The molecule has 0 saturated carbocycles. The third-order valence-electron chi connectivity index (χ3n) is 8.90. The Morgan fingerprint density at radius 3 is 2.66 bits per heavy atom. The lowest BCUT2D eigenvalue weighted by Gasteiger charge is -2.50. The first-order chi connectivity index (χ1) is 18.3. The molecule has 38 heavy (non-hydrogen) atoms. The van der Waals surface area contributed by atoms with Gasteiger partial charge in [-0.25, -0.2) is 0 Å². The number of carbonyl (C=O) groups is 1. The number of fused-ring (bicyclic) bond motifs is 8. The van der Waals surface area contributed by atoms with Gasteiger partial charge in [0.2, 0.25) is 11.4 Å². The van der Waals surface area contributed by atoms with Crippen molar-refractivity contribution in [1.29, 1.82) is 0 Å². The summed E-state index contributed by atoms with van der Waals surface area (Å²) < 4.78 is 38.0. The number of nitrogens with two attached hydrogens (primary N) is 1. The number of rotatable bonds is 7. The van der Waals surface area contributed by atoms with Crippen molar-refractivity contribution in [2.75, 3.05) is 40.1 Å². The first kappa shape index (κ1) is 24.5. The second-order valence-electron chi connectivity index (χ2n) is 10.7. The number of Topliss-reactive ketones (excluding diaryl/α,β-unsaturated/α-hetero) is 1. The Morgan fingerprint density at radius 2 is 2.00 bits per heavy atom. The lowest BCUT2D eigenvalue weighted by Crippen LogP contribution is -2.69. The molecule has 5 aliphatic rings. The molecule has 4 aliphatic heterocycles. The Balaban J connectivity index is 1.53. The van der Waals surface area contributed by atoms with E-state index in [2.05, 4.69) is 0 Å². The van der Waals surface area contributed by atoms with E-state index in [0.717, 1.165) is 5.56 Å². The number of methoxy groups -OCH3 is 1. The molecule has 11 nitrogen and oxygen atoms in total. The average molecular weight is 530 g/mol. The summed E-state index contributed by atoms with van der Waals surface area (Å²) in [6.07, 6.45) is 0.0900. The van der Waals surface area contributed by atoms with Crippen molar-refractivity contribution < 1.29 is 48.5 Å². The van der Waals surface area contributed by atoms with Crippen molar-refractivity contribution in [2.24, 2.45) is 11.7 Å². The van der Waals surface area contributed by atoms with Crippen LogP contribution in [0.15, 0.2) is 6.07 Å². The Morgan fingerprint density at radius 1 is 1.24 bits per heavy atom. The number of aromatic hydroxyl groups is 1. The molecule has 0 aromatic heterocycles. The SMILES string of the molecule is COc1c2c(c(O)c3c4c(c(C)cc13)C1O[C@@]3(C(CO)CO)O[C@@H]1C(OCCN)(O4)C31CO1)C(=O)CCC2.